The fraction of sp³-hybridized carbons (Fsp3) is 0.150. The molecular formula is C20H18ClN7O6. The molecule has 0 bridgehead atoms. The molecule has 0 saturated carbocycles. The quantitative estimate of drug-likeness (QED) is 0.228. The third-order valence-corrected chi connectivity index (χ3v) is 4.53. The van der Waals surface area contributed by atoms with E-state index in [9.17, 15) is 19.7 Å². The molecule has 0 saturated heterocycles. The number of carbonyl (C=O) groups excluding carboxylic acids is 2. The number of hydrogen-bond acceptors (Lipinski definition) is 11. The van der Waals surface area contributed by atoms with Crippen molar-refractivity contribution < 1.29 is 24.0 Å². The normalized spacial score (nSPS) is 10.3. The van der Waals surface area contributed by atoms with Crippen molar-refractivity contribution in [1.29, 1.82) is 0 Å². The van der Waals surface area contributed by atoms with Gasteiger partial charge in [0.05, 0.1) is 17.7 Å². The van der Waals surface area contributed by atoms with Crippen molar-refractivity contribution in [2.24, 2.45) is 0 Å². The highest BCUT2D eigenvalue weighted by Gasteiger charge is 2.17. The number of carbonyl (C=O) groups is 2. The van der Waals surface area contributed by atoms with Gasteiger partial charge in [0.2, 0.25) is 11.9 Å². The summed E-state index contributed by atoms with van der Waals surface area (Å²) >= 11 is 5.72. The lowest BCUT2D eigenvalue weighted by atomic mass is 10.2. The number of amides is 1. The second kappa shape index (κ2) is 10.9. The van der Waals surface area contributed by atoms with Gasteiger partial charge in [-0.25, -0.2) is 0 Å². The lowest BCUT2D eigenvalue weighted by Gasteiger charge is -2.11. The highest BCUT2D eigenvalue weighted by Crippen LogP contribution is 2.26. The fourth-order valence-electron chi connectivity index (χ4n) is 2.67. The summed E-state index contributed by atoms with van der Waals surface area (Å²) in [5.41, 5.74) is 5.83. The average Bonchev–Trinajstić information content (AvgIpc) is 2.81. The summed E-state index contributed by atoms with van der Waals surface area (Å²) in [5.74, 6) is -0.884. The number of para-hydroxylation sites is 2. The number of halogens is 1. The first kappa shape index (κ1) is 24.1. The van der Waals surface area contributed by atoms with Gasteiger partial charge in [-0.2, -0.15) is 15.0 Å². The number of nitro groups is 1. The number of anilines is 3. The van der Waals surface area contributed by atoms with Gasteiger partial charge in [0.1, 0.15) is 17.3 Å². The molecule has 34 heavy (non-hydrogen) atoms. The number of ether oxygens (including phenoxy) is 2. The van der Waals surface area contributed by atoms with Gasteiger partial charge in [0.15, 0.2) is 12.4 Å². The van der Waals surface area contributed by atoms with Gasteiger partial charge in [-0.1, -0.05) is 23.7 Å². The number of nitrogens with two attached hydrogens (primary N) is 1. The molecule has 0 atom stereocenters. The minimum Gasteiger partial charge on any atom is -0.495 e. The van der Waals surface area contributed by atoms with Crippen LogP contribution in [-0.4, -0.2) is 45.4 Å². The Kier molecular flexibility index (Phi) is 7.71. The number of rotatable bonds is 9. The van der Waals surface area contributed by atoms with Crippen molar-refractivity contribution >= 4 is 46.7 Å². The molecule has 3 aromatic rings. The predicted octanol–water partition coefficient (Wildman–Crippen LogP) is 2.24. The summed E-state index contributed by atoms with van der Waals surface area (Å²) < 4.78 is 10.3. The van der Waals surface area contributed by atoms with E-state index in [1.54, 1.807) is 24.3 Å². The number of benzene rings is 2. The molecule has 0 aliphatic heterocycles. The summed E-state index contributed by atoms with van der Waals surface area (Å²) in [6.07, 6.45) is 0. The topological polar surface area (TPSA) is 184 Å². The first-order valence-electron chi connectivity index (χ1n) is 9.55. The van der Waals surface area contributed by atoms with Crippen molar-refractivity contribution in [3.05, 3.63) is 69.0 Å². The van der Waals surface area contributed by atoms with E-state index in [4.69, 9.17) is 26.8 Å². The minimum absolute atomic E-state index is 0.0406. The Hall–Kier alpha value is -4.52. The zero-order valence-corrected chi connectivity index (χ0v) is 18.4. The Balaban J connectivity index is 1.57. The van der Waals surface area contributed by atoms with E-state index in [1.807, 2.05) is 0 Å². The third-order valence-electron chi connectivity index (χ3n) is 4.21. The molecule has 0 unspecified atom stereocenters. The van der Waals surface area contributed by atoms with E-state index in [0.29, 0.717) is 11.4 Å². The summed E-state index contributed by atoms with van der Waals surface area (Å²) in [7, 11) is 1.51. The summed E-state index contributed by atoms with van der Waals surface area (Å²) in [6, 6.07) is 10.6. The first-order valence-corrected chi connectivity index (χ1v) is 9.93. The van der Waals surface area contributed by atoms with Gasteiger partial charge >= 0.3 is 5.97 Å². The third kappa shape index (κ3) is 6.26. The van der Waals surface area contributed by atoms with Crippen LogP contribution in [0.5, 0.6) is 5.75 Å². The van der Waals surface area contributed by atoms with Crippen LogP contribution in [0, 0.1) is 10.1 Å². The molecule has 4 N–H and O–H groups in total. The Morgan fingerprint density at radius 2 is 1.94 bits per heavy atom. The van der Waals surface area contributed by atoms with Crippen LogP contribution in [0.1, 0.15) is 16.2 Å². The predicted molar refractivity (Wildman–Crippen MR) is 121 cm³/mol. The molecular weight excluding hydrogens is 470 g/mol. The van der Waals surface area contributed by atoms with E-state index in [0.717, 1.165) is 6.07 Å². The van der Waals surface area contributed by atoms with Crippen LogP contribution in [0.4, 0.5) is 23.3 Å². The molecule has 176 valence electrons. The van der Waals surface area contributed by atoms with Gasteiger partial charge in [-0.15, -0.1) is 0 Å². The number of nitrogen functional groups attached to an aromatic ring is 1. The maximum Gasteiger partial charge on any atom is 0.325 e. The fourth-order valence-corrected chi connectivity index (χ4v) is 2.86. The number of nitro benzene ring substituents is 1. The molecule has 2 aromatic carbocycles. The van der Waals surface area contributed by atoms with E-state index < -0.39 is 29.0 Å². The SMILES string of the molecule is COc1ccccc1Nc1nc(N)nc(COC(=O)CNC(=O)c2ccc(Cl)c([N+](=O)[O-])c2)n1. The Labute approximate surface area is 197 Å². The maximum atomic E-state index is 12.2. The lowest BCUT2D eigenvalue weighted by Crippen LogP contribution is -2.30. The second-order valence-electron chi connectivity index (χ2n) is 6.53. The summed E-state index contributed by atoms with van der Waals surface area (Å²) in [6.45, 7) is -0.837. The number of methoxy groups -OCH3 is 1. The van der Waals surface area contributed by atoms with Crippen LogP contribution < -0.4 is 21.1 Å². The maximum absolute atomic E-state index is 12.2. The summed E-state index contributed by atoms with van der Waals surface area (Å²) in [4.78, 5) is 46.5. The minimum atomic E-state index is -0.796. The van der Waals surface area contributed by atoms with Crippen molar-refractivity contribution in [3.63, 3.8) is 0 Å². The number of aromatic nitrogens is 3. The van der Waals surface area contributed by atoms with Crippen molar-refractivity contribution in [2.45, 2.75) is 6.61 Å². The number of nitrogens with one attached hydrogen (secondary N) is 2. The van der Waals surface area contributed by atoms with Crippen LogP contribution in [-0.2, 0) is 16.1 Å². The Morgan fingerprint density at radius 3 is 2.68 bits per heavy atom. The molecule has 0 fully saturated rings. The highest BCUT2D eigenvalue weighted by atomic mass is 35.5. The van der Waals surface area contributed by atoms with E-state index in [1.165, 1.54) is 19.2 Å². The Morgan fingerprint density at radius 1 is 1.18 bits per heavy atom. The van der Waals surface area contributed by atoms with Gasteiger partial charge in [-0.3, -0.25) is 19.7 Å². The van der Waals surface area contributed by atoms with Crippen LogP contribution in [0.25, 0.3) is 0 Å². The van der Waals surface area contributed by atoms with E-state index in [2.05, 4.69) is 25.6 Å². The zero-order chi connectivity index (χ0) is 24.7. The second-order valence-corrected chi connectivity index (χ2v) is 6.93. The zero-order valence-electron chi connectivity index (χ0n) is 17.6. The van der Waals surface area contributed by atoms with E-state index in [-0.39, 0.29) is 34.9 Å². The highest BCUT2D eigenvalue weighted by molar-refractivity contribution is 6.32. The van der Waals surface area contributed by atoms with Crippen molar-refractivity contribution in [3.8, 4) is 5.75 Å². The molecule has 1 heterocycles. The molecule has 0 spiro atoms. The first-order chi connectivity index (χ1) is 16.3. The molecule has 0 radical (unpaired) electrons. The van der Waals surface area contributed by atoms with Crippen LogP contribution in [0.3, 0.4) is 0 Å². The van der Waals surface area contributed by atoms with Gasteiger partial charge < -0.3 is 25.8 Å². The molecule has 0 aliphatic carbocycles. The summed E-state index contributed by atoms with van der Waals surface area (Å²) in [5, 5.41) is 16.1. The number of nitrogens with zero attached hydrogens (tertiary/aromatic N) is 4. The smallest absolute Gasteiger partial charge is 0.325 e. The average molecular weight is 488 g/mol. The van der Waals surface area contributed by atoms with Gasteiger partial charge in [0, 0.05) is 11.6 Å². The van der Waals surface area contributed by atoms with E-state index >= 15 is 0 Å². The Bertz CT molecular complexity index is 1240. The molecule has 1 amide bonds. The number of hydrogen-bond donors (Lipinski definition) is 3. The largest absolute Gasteiger partial charge is 0.495 e. The standard InChI is InChI=1S/C20H18ClN7O6/c1-33-15-5-3-2-4-13(15)24-20-26-16(25-19(22)27-20)10-34-17(29)9-23-18(30)11-6-7-12(21)14(8-11)28(31)32/h2-8H,9-10H2,1H3,(H,23,30)(H3,22,24,25,26,27). The van der Waals surface area contributed by atoms with Crippen molar-refractivity contribution in [2.75, 3.05) is 24.7 Å². The van der Waals surface area contributed by atoms with Crippen LogP contribution in [0.2, 0.25) is 5.02 Å². The molecule has 13 nitrogen and oxygen atoms in total. The monoisotopic (exact) mass is 487 g/mol. The van der Waals surface area contributed by atoms with Gasteiger partial charge in [-0.05, 0) is 24.3 Å². The van der Waals surface area contributed by atoms with Crippen molar-refractivity contribution in [1.82, 2.24) is 20.3 Å². The molecule has 1 aromatic heterocycles. The number of esters is 1. The molecule has 3 rings (SSSR count). The van der Waals surface area contributed by atoms with Gasteiger partial charge in [0.25, 0.3) is 11.6 Å². The lowest BCUT2D eigenvalue weighted by molar-refractivity contribution is -0.384. The van der Waals surface area contributed by atoms with Crippen LogP contribution >= 0.6 is 11.6 Å². The molecule has 14 heteroatoms. The van der Waals surface area contributed by atoms with Crippen LogP contribution in [0.15, 0.2) is 42.5 Å². The molecule has 0 aliphatic rings.